The van der Waals surface area contributed by atoms with Crippen LogP contribution in [0.1, 0.15) is 31.2 Å². The van der Waals surface area contributed by atoms with Gasteiger partial charge in [-0.2, -0.15) is 4.31 Å². The molecule has 0 radical (unpaired) electrons. The van der Waals surface area contributed by atoms with Crippen LogP contribution in [-0.2, 0) is 26.0 Å². The number of ether oxygens (including phenoxy) is 1. The number of carboxylic acid groups (broad SMARTS) is 1. The maximum atomic E-state index is 13.6. The van der Waals surface area contributed by atoms with Gasteiger partial charge in [-0.15, -0.1) is 0 Å². The van der Waals surface area contributed by atoms with E-state index in [1.165, 1.54) is 12.1 Å². The van der Waals surface area contributed by atoms with Crippen LogP contribution in [0.3, 0.4) is 0 Å². The van der Waals surface area contributed by atoms with Crippen molar-refractivity contribution < 1.29 is 36.6 Å². The number of carboxylic acids is 1. The quantitative estimate of drug-likeness (QED) is 0.450. The first-order valence-corrected chi connectivity index (χ1v) is 12.7. The number of carbonyl (C=O) groups is 2. The molecule has 0 unspecified atom stereocenters. The third-order valence-corrected chi connectivity index (χ3v) is 7.59. The molecule has 35 heavy (non-hydrogen) atoms. The van der Waals surface area contributed by atoms with Crippen molar-refractivity contribution >= 4 is 21.9 Å². The molecular weight excluding hydrogens is 482 g/mol. The Morgan fingerprint density at radius 1 is 1.17 bits per heavy atom. The minimum atomic E-state index is -4.16. The zero-order valence-electron chi connectivity index (χ0n) is 19.0. The zero-order valence-corrected chi connectivity index (χ0v) is 19.8. The highest BCUT2D eigenvalue weighted by Crippen LogP contribution is 2.26. The van der Waals surface area contributed by atoms with Crippen molar-refractivity contribution in [1.29, 1.82) is 0 Å². The molecule has 0 bridgehead atoms. The number of amides is 1. The van der Waals surface area contributed by atoms with Crippen LogP contribution in [0.4, 0.5) is 8.78 Å². The molecule has 0 aromatic heterocycles. The van der Waals surface area contributed by atoms with Gasteiger partial charge >= 0.3 is 5.97 Å². The highest BCUT2D eigenvalue weighted by atomic mass is 32.2. The van der Waals surface area contributed by atoms with Crippen LogP contribution in [0, 0.1) is 5.82 Å². The predicted molar refractivity (Wildman–Crippen MR) is 124 cm³/mol. The van der Waals surface area contributed by atoms with Crippen LogP contribution in [0.25, 0.3) is 0 Å². The van der Waals surface area contributed by atoms with E-state index < -0.39 is 46.5 Å². The highest BCUT2D eigenvalue weighted by molar-refractivity contribution is 7.89. The summed E-state index contributed by atoms with van der Waals surface area (Å²) in [4.78, 5) is 24.6. The number of piperidine rings is 1. The lowest BCUT2D eigenvalue weighted by Gasteiger charge is -2.34. The number of rotatable bonds is 11. The van der Waals surface area contributed by atoms with E-state index >= 15 is 0 Å². The van der Waals surface area contributed by atoms with Crippen molar-refractivity contribution in [2.75, 3.05) is 19.8 Å². The van der Waals surface area contributed by atoms with Crippen molar-refractivity contribution in [3.63, 3.8) is 0 Å². The van der Waals surface area contributed by atoms with Crippen molar-refractivity contribution in [3.05, 3.63) is 59.9 Å². The van der Waals surface area contributed by atoms with Crippen LogP contribution >= 0.6 is 0 Å². The lowest BCUT2D eigenvalue weighted by atomic mass is 10.0. The zero-order chi connectivity index (χ0) is 25.4. The Hall–Kier alpha value is -3.05. The lowest BCUT2D eigenvalue weighted by Crippen LogP contribution is -2.55. The van der Waals surface area contributed by atoms with Crippen LogP contribution in [0.5, 0.6) is 5.75 Å². The van der Waals surface area contributed by atoms with Gasteiger partial charge in [0.15, 0.2) is 0 Å². The van der Waals surface area contributed by atoms with Crippen molar-refractivity contribution in [1.82, 2.24) is 9.62 Å². The Labute approximate surface area is 202 Å². The van der Waals surface area contributed by atoms with Gasteiger partial charge in [0.25, 0.3) is 0 Å². The largest absolute Gasteiger partial charge is 0.494 e. The number of nitrogens with zero attached hydrogens (tertiary/aromatic N) is 1. The van der Waals surface area contributed by atoms with E-state index in [-0.39, 0.29) is 37.3 Å². The molecule has 1 saturated heterocycles. The van der Waals surface area contributed by atoms with Gasteiger partial charge in [-0.25, -0.2) is 17.6 Å². The lowest BCUT2D eigenvalue weighted by molar-refractivity contribution is -0.142. The van der Waals surface area contributed by atoms with E-state index in [0.29, 0.717) is 24.2 Å². The summed E-state index contributed by atoms with van der Waals surface area (Å²) in [5, 5.41) is 12.1. The van der Waals surface area contributed by atoms with Crippen LogP contribution in [0.15, 0.2) is 53.4 Å². The number of hydrogen-bond donors (Lipinski definition) is 2. The smallest absolute Gasteiger partial charge is 0.326 e. The second-order valence-electron chi connectivity index (χ2n) is 8.22. The number of halogens is 2. The molecule has 0 aliphatic carbocycles. The SMILES string of the molecule is O=C(O)[C@H](Cc1ccc(OCCCF)cc1)NC(=O)[C@@H]1CCCCN1S(=O)(=O)c1cccc(F)c1. The number of aliphatic carboxylic acids is 1. The van der Waals surface area contributed by atoms with Gasteiger partial charge in [0.1, 0.15) is 23.7 Å². The molecule has 0 saturated carbocycles. The summed E-state index contributed by atoms with van der Waals surface area (Å²) in [6, 6.07) is 8.70. The van der Waals surface area contributed by atoms with Crippen LogP contribution in [0.2, 0.25) is 0 Å². The normalized spacial score (nSPS) is 17.5. The maximum Gasteiger partial charge on any atom is 0.326 e. The van der Waals surface area contributed by atoms with E-state index in [1.54, 1.807) is 24.3 Å². The molecule has 190 valence electrons. The van der Waals surface area contributed by atoms with Crippen LogP contribution in [-0.4, -0.2) is 61.6 Å². The molecule has 1 heterocycles. The van der Waals surface area contributed by atoms with Gasteiger partial charge in [0.05, 0.1) is 18.2 Å². The number of sulfonamides is 1. The number of alkyl halides is 1. The summed E-state index contributed by atoms with van der Waals surface area (Å²) in [6.07, 6.45) is 1.57. The number of benzene rings is 2. The molecule has 2 aromatic rings. The molecule has 0 spiro atoms. The molecule has 1 aliphatic rings. The van der Waals surface area contributed by atoms with Gasteiger partial charge < -0.3 is 15.2 Å². The van der Waals surface area contributed by atoms with E-state index in [9.17, 15) is 31.9 Å². The molecule has 2 N–H and O–H groups in total. The highest BCUT2D eigenvalue weighted by Gasteiger charge is 2.39. The standard InChI is InChI=1S/C24H28F2N2O6S/c25-12-4-14-34-19-10-8-17(9-11-19)15-21(24(30)31)27-23(29)22-7-1-2-13-28(22)35(32,33)20-6-3-5-18(26)16-20/h3,5-6,8-11,16,21-22H,1-2,4,7,12-15H2,(H,27,29)(H,30,31)/t21-,22-/m0/s1. The molecule has 1 aliphatic heterocycles. The van der Waals surface area contributed by atoms with E-state index in [4.69, 9.17) is 4.74 Å². The average molecular weight is 511 g/mol. The number of carbonyl (C=O) groups excluding carboxylic acids is 1. The van der Waals surface area contributed by atoms with Crippen LogP contribution < -0.4 is 10.1 Å². The fourth-order valence-electron chi connectivity index (χ4n) is 3.89. The van der Waals surface area contributed by atoms with Crippen molar-refractivity contribution in [3.8, 4) is 5.75 Å². The van der Waals surface area contributed by atoms with E-state index in [0.717, 1.165) is 16.4 Å². The van der Waals surface area contributed by atoms with Crippen molar-refractivity contribution in [2.45, 2.75) is 49.1 Å². The Kier molecular flexibility index (Phi) is 9.16. The molecule has 1 amide bonds. The second-order valence-corrected chi connectivity index (χ2v) is 10.1. The van der Waals surface area contributed by atoms with E-state index in [1.807, 2.05) is 0 Å². The molecule has 11 heteroatoms. The van der Waals surface area contributed by atoms with Gasteiger partial charge in [-0.3, -0.25) is 9.18 Å². The molecular formula is C24H28F2N2O6S. The molecule has 8 nitrogen and oxygen atoms in total. The number of nitrogens with one attached hydrogen (secondary N) is 1. The first-order valence-electron chi connectivity index (χ1n) is 11.3. The van der Waals surface area contributed by atoms with Gasteiger partial charge in [0.2, 0.25) is 15.9 Å². The fourth-order valence-corrected chi connectivity index (χ4v) is 5.58. The van der Waals surface area contributed by atoms with Gasteiger partial charge in [0, 0.05) is 19.4 Å². The van der Waals surface area contributed by atoms with E-state index in [2.05, 4.69) is 5.32 Å². The Bertz CT molecular complexity index is 1130. The summed E-state index contributed by atoms with van der Waals surface area (Å²) in [5.41, 5.74) is 0.614. The monoisotopic (exact) mass is 510 g/mol. The average Bonchev–Trinajstić information content (AvgIpc) is 2.84. The summed E-state index contributed by atoms with van der Waals surface area (Å²) in [5.74, 6) is -2.19. The molecule has 2 aromatic carbocycles. The first-order chi connectivity index (χ1) is 16.7. The first kappa shape index (κ1) is 26.6. The fraction of sp³-hybridized carbons (Fsp3) is 0.417. The minimum Gasteiger partial charge on any atom is -0.494 e. The molecule has 1 fully saturated rings. The number of hydrogen-bond acceptors (Lipinski definition) is 5. The maximum absolute atomic E-state index is 13.6. The Morgan fingerprint density at radius 2 is 1.91 bits per heavy atom. The third-order valence-electron chi connectivity index (χ3n) is 5.68. The van der Waals surface area contributed by atoms with Gasteiger partial charge in [-0.1, -0.05) is 24.6 Å². The van der Waals surface area contributed by atoms with Gasteiger partial charge in [-0.05, 0) is 48.7 Å². The molecule has 2 atom stereocenters. The minimum absolute atomic E-state index is 0.0325. The summed E-state index contributed by atoms with van der Waals surface area (Å²) in [7, 11) is -4.16. The molecule has 3 rings (SSSR count). The topological polar surface area (TPSA) is 113 Å². The summed E-state index contributed by atoms with van der Waals surface area (Å²) >= 11 is 0. The Balaban J connectivity index is 1.71. The predicted octanol–water partition coefficient (Wildman–Crippen LogP) is 2.92. The second kappa shape index (κ2) is 12.1. The van der Waals surface area contributed by atoms with Crippen molar-refractivity contribution in [2.24, 2.45) is 0 Å². The third kappa shape index (κ3) is 6.98. The Morgan fingerprint density at radius 3 is 2.57 bits per heavy atom. The summed E-state index contributed by atoms with van der Waals surface area (Å²) < 4.78 is 58.5. The summed E-state index contributed by atoms with van der Waals surface area (Å²) in [6.45, 7) is -0.196.